The Hall–Kier alpha value is -3.35. The molecule has 2 aromatic carbocycles. The van der Waals surface area contributed by atoms with Gasteiger partial charge in [0.2, 0.25) is 5.91 Å². The topological polar surface area (TPSA) is 69.9 Å². The normalized spacial score (nSPS) is 23.1. The average Bonchev–Trinajstić information content (AvgIpc) is 3.40. The van der Waals surface area contributed by atoms with Crippen LogP contribution >= 0.6 is 0 Å². The fraction of sp³-hybridized carbons (Fsp3) is 0.517. The molecular formula is C29H33F7N4O2. The molecule has 0 unspecified atom stereocenters. The molecule has 1 heterocycles. The van der Waals surface area contributed by atoms with E-state index < -0.39 is 53.0 Å². The van der Waals surface area contributed by atoms with Crippen molar-refractivity contribution in [1.29, 1.82) is 0 Å². The highest BCUT2D eigenvalue weighted by molar-refractivity contribution is 5.92. The summed E-state index contributed by atoms with van der Waals surface area (Å²) in [4.78, 5) is 30.6. The number of nitrogens with two attached hydrogens (primary N) is 1. The van der Waals surface area contributed by atoms with Gasteiger partial charge in [-0.2, -0.15) is 26.3 Å². The van der Waals surface area contributed by atoms with Crippen LogP contribution in [0.4, 0.5) is 41.2 Å². The van der Waals surface area contributed by atoms with Crippen LogP contribution < -0.4 is 10.6 Å². The summed E-state index contributed by atoms with van der Waals surface area (Å²) < 4.78 is 94.3. The van der Waals surface area contributed by atoms with Gasteiger partial charge in [-0.1, -0.05) is 12.1 Å². The predicted octanol–water partition coefficient (Wildman–Crippen LogP) is 6.11. The quantitative estimate of drug-likeness (QED) is 0.420. The van der Waals surface area contributed by atoms with Crippen LogP contribution in [0.25, 0.3) is 0 Å². The second kappa shape index (κ2) is 12.1. The molecule has 2 fully saturated rings. The van der Waals surface area contributed by atoms with E-state index in [1.54, 1.807) is 4.90 Å². The molecule has 230 valence electrons. The third kappa shape index (κ3) is 6.82. The molecule has 13 heteroatoms. The zero-order valence-electron chi connectivity index (χ0n) is 23.2. The van der Waals surface area contributed by atoms with Gasteiger partial charge in [0, 0.05) is 44.7 Å². The molecular weight excluding hydrogens is 569 g/mol. The molecule has 1 aliphatic heterocycles. The lowest BCUT2D eigenvalue weighted by Gasteiger charge is -2.33. The summed E-state index contributed by atoms with van der Waals surface area (Å²) in [6.07, 6.45) is -7.14. The van der Waals surface area contributed by atoms with Gasteiger partial charge in [-0.05, 0) is 74.0 Å². The number of alkyl halides is 6. The second-order valence-electron chi connectivity index (χ2n) is 11.1. The fourth-order valence-corrected chi connectivity index (χ4v) is 5.92. The smallest absolute Gasteiger partial charge is 0.340 e. The van der Waals surface area contributed by atoms with Crippen molar-refractivity contribution < 1.29 is 40.3 Å². The molecule has 1 saturated heterocycles. The van der Waals surface area contributed by atoms with E-state index in [0.29, 0.717) is 43.0 Å². The number of hydrogen-bond donors (Lipinski definition) is 1. The van der Waals surface area contributed by atoms with Gasteiger partial charge in [0.15, 0.2) is 0 Å². The standard InChI is InChI=1S/C29H33F7N4O2/c1-38(23-12-20(28(31,32)33)11-21(13-23)29(34,35)36)27(42)39(2)25-16-40(15-24(25)18-7-9-22(30)10-8-18)26(41)19-5-3-17(14-37)4-6-19/h7-13,17,19,24-25H,3-6,14-16,37H2,1-2H3/t17?,19?,24-,25+/m0/s1. The lowest BCUT2D eigenvalue weighted by Crippen LogP contribution is -2.48. The van der Waals surface area contributed by atoms with Crippen LogP contribution in [0.3, 0.4) is 0 Å². The third-order valence-electron chi connectivity index (χ3n) is 8.47. The number of hydrogen-bond acceptors (Lipinski definition) is 3. The first kappa shape index (κ1) is 31.6. The molecule has 2 atom stereocenters. The van der Waals surface area contributed by atoms with Gasteiger partial charge in [0.05, 0.1) is 17.2 Å². The molecule has 2 aliphatic rings. The monoisotopic (exact) mass is 602 g/mol. The Balaban J connectivity index is 1.61. The lowest BCUT2D eigenvalue weighted by molar-refractivity contribution is -0.143. The maximum absolute atomic E-state index is 13.7. The molecule has 1 saturated carbocycles. The van der Waals surface area contributed by atoms with Gasteiger partial charge in [-0.3, -0.25) is 9.69 Å². The summed E-state index contributed by atoms with van der Waals surface area (Å²) in [7, 11) is 2.48. The number of likely N-dealkylation sites (N-methyl/N-ethyl adjacent to an activating group) is 1. The summed E-state index contributed by atoms with van der Waals surface area (Å²) in [5.74, 6) is -0.881. The van der Waals surface area contributed by atoms with Crippen LogP contribution in [0.1, 0.15) is 48.3 Å². The molecule has 0 spiro atoms. The molecule has 2 aromatic rings. The average molecular weight is 603 g/mol. The molecule has 2 N–H and O–H groups in total. The van der Waals surface area contributed by atoms with Crippen molar-refractivity contribution in [2.45, 2.75) is 50.0 Å². The highest BCUT2D eigenvalue weighted by atomic mass is 19.4. The number of likely N-dealkylation sites (tertiary alicyclic amines) is 1. The molecule has 42 heavy (non-hydrogen) atoms. The Morgan fingerprint density at radius 2 is 1.43 bits per heavy atom. The first-order valence-electron chi connectivity index (χ1n) is 13.6. The van der Waals surface area contributed by atoms with Crippen LogP contribution in [-0.2, 0) is 17.1 Å². The Labute approximate surface area is 239 Å². The number of amides is 3. The van der Waals surface area contributed by atoms with Crippen molar-refractivity contribution in [3.05, 3.63) is 65.0 Å². The van der Waals surface area contributed by atoms with E-state index in [9.17, 15) is 40.3 Å². The van der Waals surface area contributed by atoms with Crippen LogP contribution in [0.5, 0.6) is 0 Å². The van der Waals surface area contributed by atoms with Gasteiger partial charge in [-0.15, -0.1) is 0 Å². The van der Waals surface area contributed by atoms with E-state index in [0.717, 1.165) is 24.8 Å². The van der Waals surface area contributed by atoms with Crippen molar-refractivity contribution >= 4 is 17.6 Å². The number of anilines is 1. The Bertz CT molecular complexity index is 1240. The Morgan fingerprint density at radius 1 is 0.881 bits per heavy atom. The molecule has 0 bridgehead atoms. The van der Waals surface area contributed by atoms with Crippen molar-refractivity contribution in [2.24, 2.45) is 17.6 Å². The van der Waals surface area contributed by atoms with E-state index in [2.05, 4.69) is 0 Å². The maximum atomic E-state index is 13.7. The highest BCUT2D eigenvalue weighted by Gasteiger charge is 2.43. The van der Waals surface area contributed by atoms with Gasteiger partial charge >= 0.3 is 18.4 Å². The Morgan fingerprint density at radius 3 is 1.93 bits per heavy atom. The largest absolute Gasteiger partial charge is 0.416 e. The van der Waals surface area contributed by atoms with Crippen molar-refractivity contribution in [3.63, 3.8) is 0 Å². The van der Waals surface area contributed by atoms with E-state index >= 15 is 0 Å². The van der Waals surface area contributed by atoms with Gasteiger partial charge in [0.25, 0.3) is 0 Å². The zero-order valence-corrected chi connectivity index (χ0v) is 23.2. The van der Waals surface area contributed by atoms with Crippen LogP contribution in [0.15, 0.2) is 42.5 Å². The highest BCUT2D eigenvalue weighted by Crippen LogP contribution is 2.39. The van der Waals surface area contributed by atoms with E-state index in [1.165, 1.54) is 36.2 Å². The lowest BCUT2D eigenvalue weighted by atomic mass is 9.81. The summed E-state index contributed by atoms with van der Waals surface area (Å²) in [5, 5.41) is 0. The zero-order chi connectivity index (χ0) is 31.0. The molecule has 4 rings (SSSR count). The molecule has 3 amide bonds. The van der Waals surface area contributed by atoms with Crippen molar-refractivity contribution in [2.75, 3.05) is 38.6 Å². The number of halogens is 7. The number of urea groups is 1. The molecule has 0 radical (unpaired) electrons. The number of carbonyl (C=O) groups is 2. The van der Waals surface area contributed by atoms with Crippen LogP contribution in [-0.4, -0.2) is 61.5 Å². The summed E-state index contributed by atoms with van der Waals surface area (Å²) >= 11 is 0. The van der Waals surface area contributed by atoms with Crippen molar-refractivity contribution in [1.82, 2.24) is 9.80 Å². The van der Waals surface area contributed by atoms with Gasteiger partial charge < -0.3 is 15.5 Å². The SMILES string of the molecule is CN(C(=O)N(C)[C@@H]1CN(C(=O)C2CCC(CN)CC2)C[C@H]1c1ccc(F)cc1)c1cc(C(F)(F)F)cc(C(F)(F)F)c1. The minimum atomic E-state index is -5.07. The summed E-state index contributed by atoms with van der Waals surface area (Å²) in [5.41, 5.74) is 2.74. The van der Waals surface area contributed by atoms with Gasteiger partial charge in [-0.25, -0.2) is 9.18 Å². The number of nitrogens with zero attached hydrogens (tertiary/aromatic N) is 3. The maximum Gasteiger partial charge on any atom is 0.416 e. The minimum Gasteiger partial charge on any atom is -0.340 e. The van der Waals surface area contributed by atoms with Crippen molar-refractivity contribution in [3.8, 4) is 0 Å². The molecule has 6 nitrogen and oxygen atoms in total. The predicted molar refractivity (Wildman–Crippen MR) is 142 cm³/mol. The van der Waals surface area contributed by atoms with E-state index in [-0.39, 0.29) is 31.0 Å². The van der Waals surface area contributed by atoms with Gasteiger partial charge in [0.1, 0.15) is 5.82 Å². The first-order chi connectivity index (χ1) is 19.6. The molecule has 0 aromatic heterocycles. The van der Waals surface area contributed by atoms with E-state index in [4.69, 9.17) is 5.73 Å². The number of benzene rings is 2. The van der Waals surface area contributed by atoms with Crippen LogP contribution in [0, 0.1) is 17.7 Å². The van der Waals surface area contributed by atoms with Crippen LogP contribution in [0.2, 0.25) is 0 Å². The summed E-state index contributed by atoms with van der Waals surface area (Å²) in [6, 6.07) is 5.01. The second-order valence-corrected chi connectivity index (χ2v) is 11.1. The fourth-order valence-electron chi connectivity index (χ4n) is 5.92. The molecule has 1 aliphatic carbocycles. The third-order valence-corrected chi connectivity index (χ3v) is 8.47. The summed E-state index contributed by atoms with van der Waals surface area (Å²) in [6.45, 7) is 0.870. The minimum absolute atomic E-state index is 0.00242. The number of rotatable bonds is 5. The Kier molecular flexibility index (Phi) is 9.10. The first-order valence-corrected chi connectivity index (χ1v) is 13.6. The van der Waals surface area contributed by atoms with E-state index in [1.807, 2.05) is 0 Å². The number of carbonyl (C=O) groups excluding carboxylic acids is 2.